The van der Waals surface area contributed by atoms with E-state index in [4.69, 9.17) is 5.11 Å². The van der Waals surface area contributed by atoms with Crippen molar-refractivity contribution in [2.75, 3.05) is 25.1 Å². The van der Waals surface area contributed by atoms with E-state index in [0.29, 0.717) is 18.3 Å². The van der Waals surface area contributed by atoms with Gasteiger partial charge in [-0.2, -0.15) is 4.98 Å². The molecule has 1 aromatic carbocycles. The van der Waals surface area contributed by atoms with Crippen LogP contribution in [0.3, 0.4) is 0 Å². The molecule has 90 valence electrons. The van der Waals surface area contributed by atoms with Gasteiger partial charge in [0.05, 0.1) is 6.61 Å². The summed E-state index contributed by atoms with van der Waals surface area (Å²) in [6.45, 7) is 0.534. The summed E-state index contributed by atoms with van der Waals surface area (Å²) in [5.41, 5.74) is 0.846. The lowest BCUT2D eigenvalue weighted by Gasteiger charge is -2.11. The molecule has 0 aliphatic heterocycles. The average molecular weight is 234 g/mol. The summed E-state index contributed by atoms with van der Waals surface area (Å²) in [5.74, 6) is 1.37. The molecule has 2 rings (SSSR count). The second-order valence-electron chi connectivity index (χ2n) is 3.68. The molecular weight excluding hydrogens is 220 g/mol. The van der Waals surface area contributed by atoms with Gasteiger partial charge in [-0.3, -0.25) is 5.10 Å². The number of aromatic nitrogens is 3. The van der Waals surface area contributed by atoms with E-state index in [0.717, 1.165) is 5.56 Å². The van der Waals surface area contributed by atoms with E-state index in [9.17, 15) is 5.11 Å². The zero-order valence-electron chi connectivity index (χ0n) is 9.46. The van der Waals surface area contributed by atoms with Gasteiger partial charge < -0.3 is 15.1 Å². The van der Waals surface area contributed by atoms with Gasteiger partial charge in [0.1, 0.15) is 5.75 Å². The average Bonchev–Trinajstić information content (AvgIpc) is 2.80. The fourth-order valence-corrected chi connectivity index (χ4v) is 1.42. The van der Waals surface area contributed by atoms with Gasteiger partial charge in [-0.15, -0.1) is 5.10 Å². The minimum Gasteiger partial charge on any atom is -0.508 e. The van der Waals surface area contributed by atoms with Crippen LogP contribution in [0.4, 0.5) is 5.95 Å². The SMILES string of the molecule is CN(CCO)c1n[nH]c(-c2ccc(O)cc2)n1. The molecule has 0 saturated heterocycles. The molecule has 0 unspecified atom stereocenters. The number of hydrogen-bond acceptors (Lipinski definition) is 5. The smallest absolute Gasteiger partial charge is 0.244 e. The van der Waals surface area contributed by atoms with Gasteiger partial charge in [0.15, 0.2) is 5.82 Å². The van der Waals surface area contributed by atoms with Crippen LogP contribution in [0.2, 0.25) is 0 Å². The molecule has 1 aromatic heterocycles. The van der Waals surface area contributed by atoms with Crippen molar-refractivity contribution in [1.82, 2.24) is 15.2 Å². The monoisotopic (exact) mass is 234 g/mol. The number of phenolic OH excluding ortho intramolecular Hbond substituents is 1. The lowest BCUT2D eigenvalue weighted by Crippen LogP contribution is -2.22. The van der Waals surface area contributed by atoms with Crippen molar-refractivity contribution in [3.05, 3.63) is 24.3 Å². The largest absolute Gasteiger partial charge is 0.508 e. The summed E-state index contributed by atoms with van der Waals surface area (Å²) in [5, 5.41) is 24.9. The number of aliphatic hydroxyl groups is 1. The van der Waals surface area contributed by atoms with E-state index < -0.39 is 0 Å². The van der Waals surface area contributed by atoms with E-state index in [-0.39, 0.29) is 12.4 Å². The van der Waals surface area contributed by atoms with Crippen LogP contribution in [0.5, 0.6) is 5.75 Å². The molecule has 0 aliphatic carbocycles. The Balaban J connectivity index is 2.20. The summed E-state index contributed by atoms with van der Waals surface area (Å²) in [6.07, 6.45) is 0. The lowest BCUT2D eigenvalue weighted by atomic mass is 10.2. The van der Waals surface area contributed by atoms with E-state index in [1.54, 1.807) is 36.2 Å². The van der Waals surface area contributed by atoms with Crippen LogP contribution in [0.25, 0.3) is 11.4 Å². The highest BCUT2D eigenvalue weighted by atomic mass is 16.3. The van der Waals surface area contributed by atoms with Crippen LogP contribution in [-0.4, -0.2) is 45.6 Å². The number of anilines is 1. The van der Waals surface area contributed by atoms with Crippen molar-refractivity contribution in [2.45, 2.75) is 0 Å². The molecule has 0 amide bonds. The van der Waals surface area contributed by atoms with E-state index in [1.807, 2.05) is 0 Å². The maximum absolute atomic E-state index is 9.18. The molecule has 0 saturated carbocycles. The number of aromatic amines is 1. The third-order valence-electron chi connectivity index (χ3n) is 2.39. The first-order valence-electron chi connectivity index (χ1n) is 5.24. The van der Waals surface area contributed by atoms with E-state index in [2.05, 4.69) is 15.2 Å². The maximum atomic E-state index is 9.18. The Morgan fingerprint density at radius 2 is 2.00 bits per heavy atom. The van der Waals surface area contributed by atoms with Crippen LogP contribution in [0, 0.1) is 0 Å². The molecule has 0 radical (unpaired) electrons. The van der Waals surface area contributed by atoms with Crippen LogP contribution in [0.15, 0.2) is 24.3 Å². The van der Waals surface area contributed by atoms with Gasteiger partial charge in [0.25, 0.3) is 0 Å². The van der Waals surface area contributed by atoms with Gasteiger partial charge in [-0.1, -0.05) is 0 Å². The number of phenols is 1. The Morgan fingerprint density at radius 3 is 2.65 bits per heavy atom. The number of rotatable bonds is 4. The van der Waals surface area contributed by atoms with Gasteiger partial charge in [0, 0.05) is 19.2 Å². The van der Waals surface area contributed by atoms with Crippen LogP contribution in [0.1, 0.15) is 0 Å². The predicted octanol–water partition coefficient (Wildman–Crippen LogP) is 0.606. The number of nitrogens with zero attached hydrogens (tertiary/aromatic N) is 3. The molecule has 0 bridgehead atoms. The Labute approximate surface area is 98.5 Å². The minimum atomic E-state index is 0.0551. The van der Waals surface area contributed by atoms with Crippen molar-refractivity contribution >= 4 is 5.95 Å². The molecule has 0 aliphatic rings. The fraction of sp³-hybridized carbons (Fsp3) is 0.273. The second kappa shape index (κ2) is 4.84. The molecule has 6 nitrogen and oxygen atoms in total. The fourth-order valence-electron chi connectivity index (χ4n) is 1.42. The van der Waals surface area contributed by atoms with Gasteiger partial charge in [-0.25, -0.2) is 0 Å². The summed E-state index contributed by atoms with van der Waals surface area (Å²) in [4.78, 5) is 6.05. The Kier molecular flexibility index (Phi) is 3.24. The summed E-state index contributed by atoms with van der Waals surface area (Å²) >= 11 is 0. The van der Waals surface area contributed by atoms with Gasteiger partial charge in [-0.05, 0) is 24.3 Å². The normalized spacial score (nSPS) is 10.5. The molecule has 3 N–H and O–H groups in total. The quantitative estimate of drug-likeness (QED) is 0.721. The highest BCUT2D eigenvalue weighted by molar-refractivity contribution is 5.57. The topological polar surface area (TPSA) is 85.3 Å². The number of nitrogens with one attached hydrogen (secondary N) is 1. The molecule has 0 fully saturated rings. The number of hydrogen-bond donors (Lipinski definition) is 3. The number of benzene rings is 1. The Bertz CT molecular complexity index is 480. The van der Waals surface area contributed by atoms with Crippen molar-refractivity contribution in [1.29, 1.82) is 0 Å². The second-order valence-corrected chi connectivity index (χ2v) is 3.68. The summed E-state index contributed by atoms with van der Waals surface area (Å²) < 4.78 is 0. The number of aliphatic hydroxyl groups excluding tert-OH is 1. The molecule has 0 spiro atoms. The zero-order chi connectivity index (χ0) is 12.3. The summed E-state index contributed by atoms with van der Waals surface area (Å²) in [7, 11) is 1.81. The standard InChI is InChI=1S/C11H14N4O2/c1-15(6-7-16)11-12-10(13-14-11)8-2-4-9(17)5-3-8/h2-5,16-17H,6-7H2,1H3,(H,12,13,14). The first kappa shape index (κ1) is 11.4. The molecular formula is C11H14N4O2. The van der Waals surface area contributed by atoms with Crippen molar-refractivity contribution in [3.63, 3.8) is 0 Å². The molecule has 6 heteroatoms. The third-order valence-corrected chi connectivity index (χ3v) is 2.39. The Morgan fingerprint density at radius 1 is 1.29 bits per heavy atom. The predicted molar refractivity (Wildman–Crippen MR) is 63.8 cm³/mol. The minimum absolute atomic E-state index is 0.0551. The highest BCUT2D eigenvalue weighted by Gasteiger charge is 2.08. The molecule has 0 atom stereocenters. The molecule has 1 heterocycles. The van der Waals surface area contributed by atoms with Crippen LogP contribution in [-0.2, 0) is 0 Å². The Hall–Kier alpha value is -2.08. The van der Waals surface area contributed by atoms with Crippen LogP contribution >= 0.6 is 0 Å². The van der Waals surface area contributed by atoms with Crippen molar-refractivity contribution in [2.24, 2.45) is 0 Å². The van der Waals surface area contributed by atoms with Gasteiger partial charge >= 0.3 is 0 Å². The van der Waals surface area contributed by atoms with Gasteiger partial charge in [0.2, 0.25) is 5.95 Å². The molecule has 2 aromatic rings. The van der Waals surface area contributed by atoms with Crippen molar-refractivity contribution in [3.8, 4) is 17.1 Å². The first-order valence-corrected chi connectivity index (χ1v) is 5.24. The number of H-pyrrole nitrogens is 1. The highest BCUT2D eigenvalue weighted by Crippen LogP contribution is 2.19. The van der Waals surface area contributed by atoms with Crippen molar-refractivity contribution < 1.29 is 10.2 Å². The lowest BCUT2D eigenvalue weighted by molar-refractivity contribution is 0.303. The summed E-state index contributed by atoms with van der Waals surface area (Å²) in [6, 6.07) is 6.70. The zero-order valence-corrected chi connectivity index (χ0v) is 9.46. The number of likely N-dealkylation sites (N-methyl/N-ethyl adjacent to an activating group) is 1. The first-order chi connectivity index (χ1) is 8.20. The molecule has 17 heavy (non-hydrogen) atoms. The third kappa shape index (κ3) is 2.54. The maximum Gasteiger partial charge on any atom is 0.244 e. The van der Waals surface area contributed by atoms with E-state index in [1.165, 1.54) is 0 Å². The van der Waals surface area contributed by atoms with Crippen LogP contribution < -0.4 is 4.90 Å². The number of aromatic hydroxyl groups is 1. The van der Waals surface area contributed by atoms with E-state index >= 15 is 0 Å².